The number of rotatable bonds is 7. The van der Waals surface area contributed by atoms with Gasteiger partial charge in [0.2, 0.25) is 0 Å². The highest BCUT2D eigenvalue weighted by Gasteiger charge is 2.20. The Morgan fingerprint density at radius 2 is 2.00 bits per heavy atom. The molecule has 134 valence electrons. The largest absolute Gasteiger partial charge is 0.380 e. The Morgan fingerprint density at radius 3 is 2.71 bits per heavy atom. The predicted molar refractivity (Wildman–Crippen MR) is 101 cm³/mol. The third kappa shape index (κ3) is 6.13. The normalized spacial score (nSPS) is 22.5. The number of para-hydroxylation sites is 1. The van der Waals surface area contributed by atoms with Crippen molar-refractivity contribution < 1.29 is 4.74 Å². The third-order valence-electron chi connectivity index (χ3n) is 4.44. The number of benzene rings is 1. The lowest BCUT2D eigenvalue weighted by molar-refractivity contribution is 0.140. The van der Waals surface area contributed by atoms with Crippen molar-refractivity contribution in [3.63, 3.8) is 0 Å². The van der Waals surface area contributed by atoms with E-state index < -0.39 is 0 Å². The quantitative estimate of drug-likeness (QED) is 0.458. The molecule has 0 aromatic heterocycles. The molecule has 0 spiro atoms. The average molecular weight is 332 g/mol. The van der Waals surface area contributed by atoms with Crippen molar-refractivity contribution in [1.29, 1.82) is 0 Å². The first-order valence-electron chi connectivity index (χ1n) is 8.94. The minimum absolute atomic E-state index is 0.471. The van der Waals surface area contributed by atoms with Crippen molar-refractivity contribution in [3.05, 3.63) is 29.8 Å². The van der Waals surface area contributed by atoms with Crippen LogP contribution < -0.4 is 11.1 Å². The zero-order chi connectivity index (χ0) is 17.4. The van der Waals surface area contributed by atoms with Crippen LogP contribution in [0.4, 0.5) is 5.69 Å². The molecule has 1 aromatic rings. The lowest BCUT2D eigenvalue weighted by Gasteiger charge is -2.34. The Morgan fingerprint density at radius 1 is 1.29 bits per heavy atom. The Balaban J connectivity index is 1.76. The van der Waals surface area contributed by atoms with Crippen LogP contribution in [0.15, 0.2) is 29.3 Å². The van der Waals surface area contributed by atoms with E-state index in [4.69, 9.17) is 10.5 Å². The number of piperidine rings is 1. The predicted octanol–water partition coefficient (Wildman–Crippen LogP) is 2.93. The number of hydrogen-bond acceptors (Lipinski definition) is 3. The summed E-state index contributed by atoms with van der Waals surface area (Å²) in [7, 11) is 1.69. The van der Waals surface area contributed by atoms with E-state index in [1.54, 1.807) is 7.11 Å². The molecule has 24 heavy (non-hydrogen) atoms. The second-order valence-electron chi connectivity index (χ2n) is 7.04. The van der Waals surface area contributed by atoms with Crippen molar-refractivity contribution in [2.24, 2.45) is 22.6 Å². The van der Waals surface area contributed by atoms with Gasteiger partial charge in [0.1, 0.15) is 0 Å². The minimum atomic E-state index is 0.471. The Labute approximate surface area is 146 Å². The molecule has 2 atom stereocenters. The van der Waals surface area contributed by atoms with Crippen LogP contribution in [0.2, 0.25) is 0 Å². The van der Waals surface area contributed by atoms with E-state index in [2.05, 4.69) is 29.1 Å². The highest BCUT2D eigenvalue weighted by Crippen LogP contribution is 2.20. The lowest BCUT2D eigenvalue weighted by Crippen LogP contribution is -2.39. The van der Waals surface area contributed by atoms with Crippen LogP contribution in [0.1, 0.15) is 32.3 Å². The van der Waals surface area contributed by atoms with Crippen LogP contribution in [-0.4, -0.2) is 44.1 Å². The van der Waals surface area contributed by atoms with Gasteiger partial charge in [-0.2, -0.15) is 0 Å². The second kappa shape index (κ2) is 9.64. The standard InChI is InChI=1S/C19H32N4O/c1-15-11-16(2)13-23(12-15)10-6-9-21-19(20)22-18-8-5-4-7-17(18)14-24-3/h4-5,7-8,15-16H,6,9-14H2,1-3H3,(H3,20,21,22). The summed E-state index contributed by atoms with van der Waals surface area (Å²) >= 11 is 0. The van der Waals surface area contributed by atoms with E-state index >= 15 is 0 Å². The van der Waals surface area contributed by atoms with Crippen molar-refractivity contribution in [2.45, 2.75) is 33.3 Å². The molecule has 1 aliphatic heterocycles. The maximum Gasteiger partial charge on any atom is 0.193 e. The fourth-order valence-electron chi connectivity index (χ4n) is 3.57. The van der Waals surface area contributed by atoms with Gasteiger partial charge in [-0.3, -0.25) is 4.99 Å². The number of ether oxygens (including phenoxy) is 1. The molecule has 1 fully saturated rings. The molecule has 5 heteroatoms. The van der Waals surface area contributed by atoms with E-state index in [1.165, 1.54) is 19.5 Å². The van der Waals surface area contributed by atoms with E-state index in [0.717, 1.165) is 42.6 Å². The first-order valence-corrected chi connectivity index (χ1v) is 8.94. The maximum absolute atomic E-state index is 6.02. The second-order valence-corrected chi connectivity index (χ2v) is 7.04. The number of methoxy groups -OCH3 is 1. The van der Waals surface area contributed by atoms with Crippen LogP contribution in [0, 0.1) is 11.8 Å². The monoisotopic (exact) mass is 332 g/mol. The van der Waals surface area contributed by atoms with Crippen molar-refractivity contribution >= 4 is 11.6 Å². The van der Waals surface area contributed by atoms with Gasteiger partial charge < -0.3 is 20.7 Å². The summed E-state index contributed by atoms with van der Waals surface area (Å²) in [4.78, 5) is 7.02. The van der Waals surface area contributed by atoms with Crippen molar-refractivity contribution in [3.8, 4) is 0 Å². The molecular formula is C19H32N4O. The molecule has 3 N–H and O–H groups in total. The third-order valence-corrected chi connectivity index (χ3v) is 4.44. The number of likely N-dealkylation sites (tertiary alicyclic amines) is 1. The zero-order valence-corrected chi connectivity index (χ0v) is 15.3. The summed E-state index contributed by atoms with van der Waals surface area (Å²) in [5, 5.41) is 3.18. The van der Waals surface area contributed by atoms with Gasteiger partial charge in [-0.05, 0) is 37.3 Å². The summed E-state index contributed by atoms with van der Waals surface area (Å²) < 4.78 is 5.21. The van der Waals surface area contributed by atoms with Crippen LogP contribution in [0.25, 0.3) is 0 Å². The summed E-state index contributed by atoms with van der Waals surface area (Å²) in [6.45, 7) is 9.54. The van der Waals surface area contributed by atoms with Gasteiger partial charge >= 0.3 is 0 Å². The summed E-state index contributed by atoms with van der Waals surface area (Å²) in [6, 6.07) is 7.99. The zero-order valence-electron chi connectivity index (χ0n) is 15.3. The molecule has 2 unspecified atom stereocenters. The van der Waals surface area contributed by atoms with E-state index in [1.807, 2.05) is 24.3 Å². The van der Waals surface area contributed by atoms with Gasteiger partial charge in [0.05, 0.1) is 6.61 Å². The molecule has 0 bridgehead atoms. The van der Waals surface area contributed by atoms with Crippen LogP contribution in [0.5, 0.6) is 0 Å². The average Bonchev–Trinajstić information content (AvgIpc) is 2.53. The van der Waals surface area contributed by atoms with Crippen molar-refractivity contribution in [2.75, 3.05) is 38.6 Å². The van der Waals surface area contributed by atoms with E-state index in [-0.39, 0.29) is 0 Å². The maximum atomic E-state index is 6.02. The van der Waals surface area contributed by atoms with Gasteiger partial charge in [-0.25, -0.2) is 0 Å². The number of aliphatic imine (C=N–C) groups is 1. The summed E-state index contributed by atoms with van der Waals surface area (Å²) in [6.07, 6.45) is 2.40. The fourth-order valence-corrected chi connectivity index (χ4v) is 3.57. The first-order chi connectivity index (χ1) is 11.6. The Bertz CT molecular complexity index is 522. The van der Waals surface area contributed by atoms with E-state index in [9.17, 15) is 0 Å². The number of hydrogen-bond donors (Lipinski definition) is 2. The molecule has 0 aliphatic carbocycles. The highest BCUT2D eigenvalue weighted by molar-refractivity contribution is 5.92. The van der Waals surface area contributed by atoms with Gasteiger partial charge in [0.25, 0.3) is 0 Å². The fraction of sp³-hybridized carbons (Fsp3) is 0.632. The van der Waals surface area contributed by atoms with Crippen LogP contribution in [0.3, 0.4) is 0 Å². The summed E-state index contributed by atoms with van der Waals surface area (Å²) in [5.74, 6) is 2.08. The van der Waals surface area contributed by atoms with Gasteiger partial charge in [-0.1, -0.05) is 32.0 Å². The lowest BCUT2D eigenvalue weighted by atomic mass is 9.92. The highest BCUT2D eigenvalue weighted by atomic mass is 16.5. The summed E-state index contributed by atoms with van der Waals surface area (Å²) in [5.41, 5.74) is 8.05. The number of guanidine groups is 1. The minimum Gasteiger partial charge on any atom is -0.380 e. The molecular weight excluding hydrogens is 300 g/mol. The molecule has 5 nitrogen and oxygen atoms in total. The van der Waals surface area contributed by atoms with Gasteiger partial charge in [-0.15, -0.1) is 0 Å². The van der Waals surface area contributed by atoms with Gasteiger partial charge in [0.15, 0.2) is 5.96 Å². The molecule has 0 radical (unpaired) electrons. The van der Waals surface area contributed by atoms with Crippen LogP contribution in [-0.2, 0) is 11.3 Å². The van der Waals surface area contributed by atoms with Crippen molar-refractivity contribution in [1.82, 2.24) is 4.90 Å². The molecule has 2 rings (SSSR count). The molecule has 1 saturated heterocycles. The molecule has 1 aliphatic rings. The molecule has 0 saturated carbocycles. The smallest absolute Gasteiger partial charge is 0.193 e. The molecule has 1 aromatic carbocycles. The number of nitrogens with two attached hydrogens (primary N) is 1. The first kappa shape index (κ1) is 18.7. The van der Waals surface area contributed by atoms with Crippen LogP contribution >= 0.6 is 0 Å². The Hall–Kier alpha value is -1.59. The molecule has 0 amide bonds. The number of nitrogens with zero attached hydrogens (tertiary/aromatic N) is 2. The molecule has 1 heterocycles. The Kier molecular flexibility index (Phi) is 7.53. The topological polar surface area (TPSA) is 62.9 Å². The van der Waals surface area contributed by atoms with E-state index in [0.29, 0.717) is 12.6 Å². The SMILES string of the molecule is COCc1ccccc1NC(N)=NCCCN1CC(C)CC(C)C1. The van der Waals surface area contributed by atoms with Gasteiger partial charge in [0, 0.05) is 38.0 Å². The number of nitrogens with one attached hydrogen (secondary N) is 1. The number of anilines is 1.